The second-order valence-corrected chi connectivity index (χ2v) is 0. The van der Waals surface area contributed by atoms with E-state index in [2.05, 4.69) is 0 Å². The SMILES string of the molecule is [Cd+2].[Cl-].[Cl-].[Cl-].[Cl-].[Sr+2]. The van der Waals surface area contributed by atoms with Crippen molar-refractivity contribution in [3.05, 3.63) is 0 Å². The molecule has 0 bridgehead atoms. The van der Waals surface area contributed by atoms with Crippen molar-refractivity contribution in [3.8, 4) is 0 Å². The molecule has 0 aliphatic carbocycles. The fraction of sp³-hybridized carbons (Fsp3) is 0. The third-order valence-corrected chi connectivity index (χ3v) is 0. The van der Waals surface area contributed by atoms with E-state index >= 15 is 0 Å². The molecule has 0 aromatic rings. The van der Waals surface area contributed by atoms with Gasteiger partial charge in [0.25, 0.3) is 0 Å². The van der Waals surface area contributed by atoms with E-state index in [1.165, 1.54) is 0 Å². The molecular formula is CdCl4Sr. The van der Waals surface area contributed by atoms with Crippen molar-refractivity contribution >= 4 is 45.5 Å². The summed E-state index contributed by atoms with van der Waals surface area (Å²) in [5.41, 5.74) is 0. The minimum Gasteiger partial charge on any atom is -1.00 e. The average Bonchev–Trinajstić information content (AvgIpc) is 0. The van der Waals surface area contributed by atoms with Gasteiger partial charge >= 0.3 is 72.8 Å². The van der Waals surface area contributed by atoms with Gasteiger partial charge in [0.2, 0.25) is 0 Å². The van der Waals surface area contributed by atoms with Gasteiger partial charge in [0.15, 0.2) is 0 Å². The zero-order valence-corrected chi connectivity index (χ0v) is 13.5. The van der Waals surface area contributed by atoms with Crippen LogP contribution < -0.4 is 49.6 Å². The Labute approximate surface area is 120 Å². The number of rotatable bonds is 0. The zero-order chi connectivity index (χ0) is 0. The molecule has 0 atom stereocenters. The Morgan fingerprint density at radius 3 is 0.500 bits per heavy atom. The van der Waals surface area contributed by atoms with E-state index in [0.29, 0.717) is 0 Å². The van der Waals surface area contributed by atoms with Gasteiger partial charge < -0.3 is 49.6 Å². The van der Waals surface area contributed by atoms with Crippen molar-refractivity contribution in [1.29, 1.82) is 0 Å². The molecule has 0 fully saturated rings. The molecule has 0 aromatic heterocycles. The Kier molecular flexibility index (Phi) is 355. The summed E-state index contributed by atoms with van der Waals surface area (Å²) in [4.78, 5) is 0. The molecule has 0 nitrogen and oxygen atoms in total. The van der Waals surface area contributed by atoms with Crippen molar-refractivity contribution in [1.82, 2.24) is 0 Å². The molecule has 0 aliphatic rings. The molecule has 0 saturated heterocycles. The molecule has 0 unspecified atom stereocenters. The first-order valence-electron chi connectivity index (χ1n) is 0. The first-order valence-corrected chi connectivity index (χ1v) is 0. The Balaban J connectivity index is 0. The van der Waals surface area contributed by atoms with Gasteiger partial charge in [-0.15, -0.1) is 0 Å². The van der Waals surface area contributed by atoms with Crippen molar-refractivity contribution in [2.75, 3.05) is 0 Å². The third-order valence-electron chi connectivity index (χ3n) is 0. The number of hydrogen-bond donors (Lipinski definition) is 0. The fourth-order valence-corrected chi connectivity index (χ4v) is 0. The maximum absolute atomic E-state index is 0. The molecule has 6 heavy (non-hydrogen) atoms. The van der Waals surface area contributed by atoms with Crippen LogP contribution in [-0.4, -0.2) is 45.5 Å². The van der Waals surface area contributed by atoms with E-state index < -0.39 is 0 Å². The normalized spacial score (nSPS) is 0. The van der Waals surface area contributed by atoms with Crippen LogP contribution in [0.1, 0.15) is 0 Å². The van der Waals surface area contributed by atoms with Crippen LogP contribution in [0.2, 0.25) is 0 Å². The molecule has 0 radical (unpaired) electrons. The van der Waals surface area contributed by atoms with Crippen LogP contribution >= 0.6 is 0 Å². The second-order valence-electron chi connectivity index (χ2n) is 0. The summed E-state index contributed by atoms with van der Waals surface area (Å²) in [6.07, 6.45) is 0. The quantitative estimate of drug-likeness (QED) is 0.384. The van der Waals surface area contributed by atoms with Crippen LogP contribution in [0.4, 0.5) is 0 Å². The van der Waals surface area contributed by atoms with Gasteiger partial charge in [-0.2, -0.15) is 0 Å². The van der Waals surface area contributed by atoms with Crippen molar-refractivity contribution in [2.24, 2.45) is 0 Å². The zero-order valence-electron chi connectivity index (χ0n) is 2.93. The van der Waals surface area contributed by atoms with E-state index in [9.17, 15) is 0 Å². The Morgan fingerprint density at radius 2 is 0.500 bits per heavy atom. The summed E-state index contributed by atoms with van der Waals surface area (Å²) in [6, 6.07) is 0. The second kappa shape index (κ2) is 38.6. The monoisotopic (exact) mass is 342 g/mol. The van der Waals surface area contributed by atoms with Crippen LogP contribution in [0.15, 0.2) is 0 Å². The predicted octanol–water partition coefficient (Wildman–Crippen LogP) is -12.4. The summed E-state index contributed by atoms with van der Waals surface area (Å²) in [5, 5.41) is 0. The van der Waals surface area contributed by atoms with Crippen LogP contribution in [0.3, 0.4) is 0 Å². The topological polar surface area (TPSA) is 0 Å². The van der Waals surface area contributed by atoms with Gasteiger partial charge in [-0.1, -0.05) is 0 Å². The Hall–Kier alpha value is 3.56. The first kappa shape index (κ1) is 55.2. The molecule has 0 aliphatic heterocycles. The van der Waals surface area contributed by atoms with Crippen molar-refractivity contribution < 1.29 is 76.9 Å². The van der Waals surface area contributed by atoms with Crippen LogP contribution in [0.25, 0.3) is 0 Å². The summed E-state index contributed by atoms with van der Waals surface area (Å²) in [7, 11) is 0. The van der Waals surface area contributed by atoms with Crippen LogP contribution in [0.5, 0.6) is 0 Å². The summed E-state index contributed by atoms with van der Waals surface area (Å²) >= 11 is 0. The smallest absolute Gasteiger partial charge is 1.00 e. The molecule has 0 saturated carbocycles. The van der Waals surface area contributed by atoms with E-state index in [0.717, 1.165) is 0 Å². The standard InChI is InChI=1S/Cd.4ClH.Sr/h;4*1H;/q+2;;;;;+2/p-4. The molecule has 32 valence electrons. The minimum absolute atomic E-state index is 0. The van der Waals surface area contributed by atoms with Gasteiger partial charge in [0.05, 0.1) is 0 Å². The van der Waals surface area contributed by atoms with Gasteiger partial charge in [-0.25, -0.2) is 0 Å². The van der Waals surface area contributed by atoms with E-state index in [4.69, 9.17) is 0 Å². The fourth-order valence-electron chi connectivity index (χ4n) is 0. The molecule has 0 amide bonds. The molecular weight excluding hydrogens is 342 g/mol. The maximum Gasteiger partial charge on any atom is 2.00 e. The van der Waals surface area contributed by atoms with Crippen LogP contribution in [-0.2, 0) is 27.3 Å². The van der Waals surface area contributed by atoms with Crippen LogP contribution in [0, 0.1) is 0 Å². The summed E-state index contributed by atoms with van der Waals surface area (Å²) in [6.45, 7) is 0. The van der Waals surface area contributed by atoms with Crippen molar-refractivity contribution in [2.45, 2.75) is 0 Å². The van der Waals surface area contributed by atoms with Gasteiger partial charge in [-0.3, -0.25) is 0 Å². The van der Waals surface area contributed by atoms with Crippen molar-refractivity contribution in [3.63, 3.8) is 0 Å². The van der Waals surface area contributed by atoms with Gasteiger partial charge in [-0.05, 0) is 0 Å². The Bertz CT molecular complexity index is 7.51. The first-order chi connectivity index (χ1) is 0. The number of hydrogen-bond acceptors (Lipinski definition) is 0. The maximum atomic E-state index is 0. The molecule has 0 N–H and O–H groups in total. The van der Waals surface area contributed by atoms with Gasteiger partial charge in [0.1, 0.15) is 0 Å². The van der Waals surface area contributed by atoms with Gasteiger partial charge in [0, 0.05) is 0 Å². The molecule has 0 aromatic carbocycles. The Morgan fingerprint density at radius 1 is 0.500 bits per heavy atom. The molecule has 0 rings (SSSR count). The minimum atomic E-state index is 0. The molecule has 6 heteroatoms. The van der Waals surface area contributed by atoms with E-state index in [-0.39, 0.29) is 122 Å². The number of halogens is 4. The molecule has 0 spiro atoms. The predicted molar refractivity (Wildman–Crippen MR) is 5.75 cm³/mol. The summed E-state index contributed by atoms with van der Waals surface area (Å²) in [5.74, 6) is 0. The van der Waals surface area contributed by atoms with E-state index in [1.54, 1.807) is 0 Å². The summed E-state index contributed by atoms with van der Waals surface area (Å²) < 4.78 is 0. The molecule has 0 heterocycles. The largest absolute Gasteiger partial charge is 2.00 e. The average molecular weight is 342 g/mol. The van der Waals surface area contributed by atoms with E-state index in [1.807, 2.05) is 0 Å². The third kappa shape index (κ3) is 25.7.